The van der Waals surface area contributed by atoms with Gasteiger partial charge < -0.3 is 5.73 Å². The van der Waals surface area contributed by atoms with Crippen molar-refractivity contribution >= 4 is 22.8 Å². The van der Waals surface area contributed by atoms with E-state index >= 15 is 0 Å². The summed E-state index contributed by atoms with van der Waals surface area (Å²) in [7, 11) is 0. The molecule has 0 spiro atoms. The van der Waals surface area contributed by atoms with Crippen molar-refractivity contribution in [2.24, 2.45) is 10.7 Å². The molecular formula is C10H11N3S. The fraction of sp³-hybridized carbons (Fsp3) is 0.200. The minimum atomic E-state index is 0.143. The van der Waals surface area contributed by atoms with E-state index in [-0.39, 0.29) is 5.25 Å². The molecular weight excluding hydrogens is 194 g/mol. The van der Waals surface area contributed by atoms with E-state index < -0.39 is 0 Å². The smallest absolute Gasteiger partial charge is 0.182 e. The Morgan fingerprint density at radius 2 is 2.07 bits per heavy atom. The van der Waals surface area contributed by atoms with Gasteiger partial charge in [0.05, 0.1) is 5.25 Å². The molecule has 72 valence electrons. The number of nitrogens with one attached hydrogen (secondary N) is 1. The van der Waals surface area contributed by atoms with Gasteiger partial charge in [-0.25, -0.2) is 4.99 Å². The van der Waals surface area contributed by atoms with Crippen LogP contribution in [0.5, 0.6) is 0 Å². The monoisotopic (exact) mass is 205 g/mol. The summed E-state index contributed by atoms with van der Waals surface area (Å²) in [5.74, 6) is 0.573. The van der Waals surface area contributed by atoms with E-state index in [4.69, 9.17) is 11.1 Å². The van der Waals surface area contributed by atoms with Gasteiger partial charge in [0.1, 0.15) is 5.84 Å². The lowest BCUT2D eigenvalue weighted by molar-refractivity contribution is 1.06. The zero-order chi connectivity index (χ0) is 9.97. The fourth-order valence-corrected chi connectivity index (χ4v) is 2.26. The molecule has 1 aromatic carbocycles. The molecule has 0 aromatic heterocycles. The highest BCUT2D eigenvalue weighted by Crippen LogP contribution is 2.23. The van der Waals surface area contributed by atoms with Gasteiger partial charge in [-0.1, -0.05) is 42.1 Å². The van der Waals surface area contributed by atoms with E-state index in [0.29, 0.717) is 11.0 Å². The summed E-state index contributed by atoms with van der Waals surface area (Å²) in [5, 5.41) is 7.84. The van der Waals surface area contributed by atoms with Crippen molar-refractivity contribution in [3.8, 4) is 0 Å². The Kier molecular flexibility index (Phi) is 2.54. The molecule has 0 aliphatic carbocycles. The normalized spacial score (nSPS) is 21.0. The molecule has 0 saturated heterocycles. The topological polar surface area (TPSA) is 62.2 Å². The van der Waals surface area contributed by atoms with Gasteiger partial charge in [0.2, 0.25) is 0 Å². The first-order valence-corrected chi connectivity index (χ1v) is 5.27. The number of nitrogens with zero attached hydrogens (tertiary/aromatic N) is 1. The van der Waals surface area contributed by atoms with E-state index in [1.165, 1.54) is 17.3 Å². The molecule has 14 heavy (non-hydrogen) atoms. The maximum atomic E-state index is 7.37. The Morgan fingerprint density at radius 1 is 1.36 bits per heavy atom. The highest BCUT2D eigenvalue weighted by atomic mass is 32.2. The largest absolute Gasteiger partial charge is 0.386 e. The SMILES string of the molecule is N=C1N=C(N)[C@@H](Cc2ccccc2)S1. The molecule has 0 bridgehead atoms. The molecule has 2 rings (SSSR count). The van der Waals surface area contributed by atoms with Crippen LogP contribution in [0.4, 0.5) is 0 Å². The minimum Gasteiger partial charge on any atom is -0.386 e. The highest BCUT2D eigenvalue weighted by Gasteiger charge is 2.23. The Hall–Kier alpha value is -1.29. The molecule has 0 amide bonds. The van der Waals surface area contributed by atoms with Crippen LogP contribution < -0.4 is 5.73 Å². The summed E-state index contributed by atoms with van der Waals surface area (Å²) in [6.45, 7) is 0. The predicted molar refractivity (Wildman–Crippen MR) is 60.9 cm³/mol. The lowest BCUT2D eigenvalue weighted by atomic mass is 10.1. The van der Waals surface area contributed by atoms with Gasteiger partial charge >= 0.3 is 0 Å². The number of hydrogen-bond acceptors (Lipinski definition) is 3. The van der Waals surface area contributed by atoms with Crippen molar-refractivity contribution in [1.29, 1.82) is 5.41 Å². The zero-order valence-electron chi connectivity index (χ0n) is 7.60. The molecule has 0 radical (unpaired) electrons. The second kappa shape index (κ2) is 3.84. The minimum absolute atomic E-state index is 0.143. The van der Waals surface area contributed by atoms with Gasteiger partial charge in [-0.15, -0.1) is 0 Å². The van der Waals surface area contributed by atoms with Crippen LogP contribution in [0.15, 0.2) is 35.3 Å². The molecule has 1 atom stereocenters. The third-order valence-corrected chi connectivity index (χ3v) is 3.09. The van der Waals surface area contributed by atoms with Crippen molar-refractivity contribution in [3.63, 3.8) is 0 Å². The lowest BCUT2D eigenvalue weighted by Crippen LogP contribution is -2.24. The van der Waals surface area contributed by atoms with E-state index in [0.717, 1.165) is 6.42 Å². The third kappa shape index (κ3) is 1.96. The standard InChI is InChI=1S/C10H11N3S/c11-9-8(14-10(12)13-9)6-7-4-2-1-3-5-7/h1-5,8H,6H2,(H3,11,12,13)/t8-/m1/s1. The fourth-order valence-electron chi connectivity index (χ4n) is 1.39. The maximum absolute atomic E-state index is 7.37. The first kappa shape index (κ1) is 9.27. The molecule has 1 aromatic rings. The molecule has 1 aliphatic rings. The molecule has 3 nitrogen and oxygen atoms in total. The molecule has 0 saturated carbocycles. The van der Waals surface area contributed by atoms with Crippen molar-refractivity contribution in [2.75, 3.05) is 0 Å². The molecule has 0 unspecified atom stereocenters. The van der Waals surface area contributed by atoms with Gasteiger partial charge in [-0.2, -0.15) is 0 Å². The summed E-state index contributed by atoms with van der Waals surface area (Å²) >= 11 is 1.42. The van der Waals surface area contributed by atoms with Crippen molar-refractivity contribution in [2.45, 2.75) is 11.7 Å². The van der Waals surface area contributed by atoms with Crippen LogP contribution in [-0.2, 0) is 6.42 Å². The average Bonchev–Trinajstić information content (AvgIpc) is 2.47. The summed E-state index contributed by atoms with van der Waals surface area (Å²) in [6, 6.07) is 10.1. The second-order valence-electron chi connectivity index (χ2n) is 3.14. The summed E-state index contributed by atoms with van der Waals surface area (Å²) < 4.78 is 0. The number of benzene rings is 1. The second-order valence-corrected chi connectivity index (χ2v) is 4.33. The maximum Gasteiger partial charge on any atom is 0.182 e. The summed E-state index contributed by atoms with van der Waals surface area (Å²) in [6.07, 6.45) is 0.850. The number of rotatable bonds is 2. The average molecular weight is 205 g/mol. The molecule has 1 heterocycles. The number of aliphatic imine (C=N–C) groups is 1. The van der Waals surface area contributed by atoms with E-state index in [1.807, 2.05) is 18.2 Å². The van der Waals surface area contributed by atoms with Crippen LogP contribution in [0.2, 0.25) is 0 Å². The molecule has 3 N–H and O–H groups in total. The van der Waals surface area contributed by atoms with Crippen LogP contribution >= 0.6 is 11.8 Å². The summed E-state index contributed by atoms with van der Waals surface area (Å²) in [4.78, 5) is 3.91. The highest BCUT2D eigenvalue weighted by molar-refractivity contribution is 8.15. The first-order chi connectivity index (χ1) is 6.75. The first-order valence-electron chi connectivity index (χ1n) is 4.39. The zero-order valence-corrected chi connectivity index (χ0v) is 8.42. The quantitative estimate of drug-likeness (QED) is 0.771. The molecule has 4 heteroatoms. The van der Waals surface area contributed by atoms with Gasteiger partial charge in [0.15, 0.2) is 5.17 Å². The Balaban J connectivity index is 2.07. The Labute approximate surface area is 86.9 Å². The van der Waals surface area contributed by atoms with Crippen LogP contribution in [0.1, 0.15) is 5.56 Å². The number of hydrogen-bond donors (Lipinski definition) is 2. The number of thioether (sulfide) groups is 1. The number of nitrogens with two attached hydrogens (primary N) is 1. The number of amidine groups is 2. The van der Waals surface area contributed by atoms with Gasteiger partial charge in [-0.3, -0.25) is 5.41 Å². The summed E-state index contributed by atoms with van der Waals surface area (Å²) in [5.41, 5.74) is 6.94. The van der Waals surface area contributed by atoms with Crippen LogP contribution in [0.25, 0.3) is 0 Å². The van der Waals surface area contributed by atoms with E-state index in [2.05, 4.69) is 17.1 Å². The van der Waals surface area contributed by atoms with Gasteiger partial charge in [-0.05, 0) is 12.0 Å². The molecule has 0 fully saturated rings. The van der Waals surface area contributed by atoms with Crippen LogP contribution in [-0.4, -0.2) is 16.3 Å². The Morgan fingerprint density at radius 3 is 2.64 bits per heavy atom. The van der Waals surface area contributed by atoms with E-state index in [1.54, 1.807) is 0 Å². The predicted octanol–water partition coefficient (Wildman–Crippen LogP) is 1.64. The lowest BCUT2D eigenvalue weighted by Gasteiger charge is -2.07. The van der Waals surface area contributed by atoms with Crippen molar-refractivity contribution in [3.05, 3.63) is 35.9 Å². The van der Waals surface area contributed by atoms with Gasteiger partial charge in [0, 0.05) is 0 Å². The van der Waals surface area contributed by atoms with Crippen LogP contribution in [0, 0.1) is 5.41 Å². The Bertz CT molecular complexity index is 372. The van der Waals surface area contributed by atoms with Crippen LogP contribution in [0.3, 0.4) is 0 Å². The van der Waals surface area contributed by atoms with E-state index in [9.17, 15) is 0 Å². The molecule has 1 aliphatic heterocycles. The van der Waals surface area contributed by atoms with Gasteiger partial charge in [0.25, 0.3) is 0 Å². The van der Waals surface area contributed by atoms with Crippen molar-refractivity contribution in [1.82, 2.24) is 0 Å². The van der Waals surface area contributed by atoms with Crippen molar-refractivity contribution < 1.29 is 0 Å². The third-order valence-electron chi connectivity index (χ3n) is 2.08.